The zero-order chi connectivity index (χ0) is 13.7. The lowest BCUT2D eigenvalue weighted by atomic mass is 10.2. The molecule has 3 N–H and O–H groups in total. The predicted molar refractivity (Wildman–Crippen MR) is 74.0 cm³/mol. The van der Waals surface area contributed by atoms with Crippen LogP contribution in [0, 0.1) is 11.7 Å². The molecule has 0 saturated heterocycles. The highest BCUT2D eigenvalue weighted by atomic mass is 32.1. The van der Waals surface area contributed by atoms with Gasteiger partial charge in [0.1, 0.15) is 5.82 Å². The van der Waals surface area contributed by atoms with E-state index in [4.69, 9.17) is 18.0 Å². The van der Waals surface area contributed by atoms with Crippen LogP contribution in [0.3, 0.4) is 0 Å². The molecular weight excluding hydrogens is 253 g/mol. The molecule has 1 unspecified atom stereocenters. The lowest BCUT2D eigenvalue weighted by Crippen LogP contribution is -2.37. The molecule has 0 aliphatic rings. The normalized spacial score (nSPS) is 11.7. The zero-order valence-corrected chi connectivity index (χ0v) is 11.1. The molecule has 6 heteroatoms. The fourth-order valence-electron chi connectivity index (χ4n) is 1.37. The number of nitrogens with two attached hydrogens (primary N) is 1. The third-order valence-electron chi connectivity index (χ3n) is 2.46. The Morgan fingerprint density at radius 2 is 2.28 bits per heavy atom. The summed E-state index contributed by atoms with van der Waals surface area (Å²) < 4.78 is 12.9. The Bertz CT molecular complexity index is 453. The quantitative estimate of drug-likeness (QED) is 0.824. The lowest BCUT2D eigenvalue weighted by molar-refractivity contribution is 0.220. The second-order valence-corrected chi connectivity index (χ2v) is 4.60. The third kappa shape index (κ3) is 4.29. The number of hydrogen-bond donors (Lipinski definition) is 2. The Hall–Kier alpha value is -1.69. The van der Waals surface area contributed by atoms with Gasteiger partial charge in [-0.05, 0) is 18.2 Å². The first-order chi connectivity index (χ1) is 8.40. The number of carbonyl (C=O) groups is 1. The molecule has 4 nitrogen and oxygen atoms in total. The maximum Gasteiger partial charge on any atom is 0.321 e. The molecule has 0 aromatic heterocycles. The van der Waals surface area contributed by atoms with Crippen molar-refractivity contribution in [1.82, 2.24) is 4.90 Å². The van der Waals surface area contributed by atoms with E-state index < -0.39 is 5.82 Å². The van der Waals surface area contributed by atoms with Gasteiger partial charge in [0.2, 0.25) is 0 Å². The highest BCUT2D eigenvalue weighted by molar-refractivity contribution is 7.80. The van der Waals surface area contributed by atoms with Crippen molar-refractivity contribution >= 4 is 28.9 Å². The fourth-order valence-corrected chi connectivity index (χ4v) is 1.44. The maximum atomic E-state index is 12.9. The van der Waals surface area contributed by atoms with Crippen LogP contribution in [0.15, 0.2) is 24.3 Å². The van der Waals surface area contributed by atoms with E-state index >= 15 is 0 Å². The van der Waals surface area contributed by atoms with Crippen molar-refractivity contribution in [3.63, 3.8) is 0 Å². The fraction of sp³-hybridized carbons (Fsp3) is 0.333. The highest BCUT2D eigenvalue weighted by Gasteiger charge is 2.14. The minimum absolute atomic E-state index is 0.0664. The number of nitrogens with zero attached hydrogens (tertiary/aromatic N) is 1. The average molecular weight is 269 g/mol. The summed E-state index contributed by atoms with van der Waals surface area (Å²) >= 11 is 4.84. The van der Waals surface area contributed by atoms with Crippen molar-refractivity contribution in [3.05, 3.63) is 30.1 Å². The van der Waals surface area contributed by atoms with Gasteiger partial charge in [-0.2, -0.15) is 0 Å². The molecule has 1 aromatic carbocycles. The molecule has 1 atom stereocenters. The van der Waals surface area contributed by atoms with Gasteiger partial charge in [0, 0.05) is 25.2 Å². The van der Waals surface area contributed by atoms with Gasteiger partial charge >= 0.3 is 6.03 Å². The minimum atomic E-state index is -0.396. The summed E-state index contributed by atoms with van der Waals surface area (Å²) in [4.78, 5) is 13.6. The van der Waals surface area contributed by atoms with Crippen LogP contribution in [-0.2, 0) is 0 Å². The zero-order valence-electron chi connectivity index (χ0n) is 10.3. The van der Waals surface area contributed by atoms with Gasteiger partial charge < -0.3 is 16.0 Å². The van der Waals surface area contributed by atoms with Gasteiger partial charge in [-0.1, -0.05) is 25.2 Å². The molecule has 0 fully saturated rings. The standard InChI is InChI=1S/C12H16FN3OS/c1-8(11(14)18)7-16(2)12(17)15-10-5-3-4-9(13)6-10/h3-6,8H,7H2,1-2H3,(H2,14,18)(H,15,17). The summed E-state index contributed by atoms with van der Waals surface area (Å²) in [6, 6.07) is 5.38. The molecule has 2 amide bonds. The molecule has 0 bridgehead atoms. The maximum absolute atomic E-state index is 12.9. The number of benzene rings is 1. The molecule has 1 aromatic rings. The van der Waals surface area contributed by atoms with E-state index in [-0.39, 0.29) is 11.9 Å². The van der Waals surface area contributed by atoms with Crippen molar-refractivity contribution < 1.29 is 9.18 Å². The first kappa shape index (κ1) is 14.4. The number of anilines is 1. The Morgan fingerprint density at radius 1 is 1.61 bits per heavy atom. The van der Waals surface area contributed by atoms with Crippen LogP contribution in [0.5, 0.6) is 0 Å². The topological polar surface area (TPSA) is 58.4 Å². The minimum Gasteiger partial charge on any atom is -0.393 e. The molecule has 98 valence electrons. The molecule has 0 heterocycles. The van der Waals surface area contributed by atoms with Crippen molar-refractivity contribution in [1.29, 1.82) is 0 Å². The van der Waals surface area contributed by atoms with Gasteiger partial charge in [-0.25, -0.2) is 9.18 Å². The van der Waals surface area contributed by atoms with Crippen LogP contribution in [-0.4, -0.2) is 29.5 Å². The highest BCUT2D eigenvalue weighted by Crippen LogP contribution is 2.10. The lowest BCUT2D eigenvalue weighted by Gasteiger charge is -2.21. The van der Waals surface area contributed by atoms with Gasteiger partial charge in [0.05, 0.1) is 4.99 Å². The average Bonchev–Trinajstić information content (AvgIpc) is 2.28. The second-order valence-electron chi connectivity index (χ2n) is 4.12. The van der Waals surface area contributed by atoms with Crippen LogP contribution in [0.1, 0.15) is 6.92 Å². The Balaban J connectivity index is 2.57. The molecule has 0 spiro atoms. The van der Waals surface area contributed by atoms with Crippen molar-refractivity contribution in [2.45, 2.75) is 6.92 Å². The molecule has 1 rings (SSSR count). The molecule has 0 radical (unpaired) electrons. The SMILES string of the molecule is CC(CN(C)C(=O)Nc1cccc(F)c1)C(N)=S. The van der Waals surface area contributed by atoms with Gasteiger partial charge in [-0.15, -0.1) is 0 Å². The van der Waals surface area contributed by atoms with E-state index in [9.17, 15) is 9.18 Å². The van der Waals surface area contributed by atoms with Crippen LogP contribution in [0.25, 0.3) is 0 Å². The number of urea groups is 1. The van der Waals surface area contributed by atoms with E-state index in [1.54, 1.807) is 13.1 Å². The molecule has 0 aliphatic heterocycles. The van der Waals surface area contributed by atoms with Crippen LogP contribution in [0.4, 0.5) is 14.9 Å². The van der Waals surface area contributed by atoms with E-state index in [1.165, 1.54) is 23.1 Å². The van der Waals surface area contributed by atoms with E-state index in [2.05, 4.69) is 5.32 Å². The number of amides is 2. The first-order valence-electron chi connectivity index (χ1n) is 5.47. The number of hydrogen-bond acceptors (Lipinski definition) is 2. The van der Waals surface area contributed by atoms with Crippen molar-refractivity contribution in [3.8, 4) is 0 Å². The predicted octanol–water partition coefficient (Wildman–Crippen LogP) is 2.21. The van der Waals surface area contributed by atoms with Gasteiger partial charge in [-0.3, -0.25) is 0 Å². The van der Waals surface area contributed by atoms with Crippen molar-refractivity contribution in [2.75, 3.05) is 18.9 Å². The number of carbonyl (C=O) groups excluding carboxylic acids is 1. The largest absolute Gasteiger partial charge is 0.393 e. The van der Waals surface area contributed by atoms with Crippen molar-refractivity contribution in [2.24, 2.45) is 11.7 Å². The summed E-state index contributed by atoms with van der Waals surface area (Å²) in [5.74, 6) is -0.463. The molecule has 18 heavy (non-hydrogen) atoms. The second kappa shape index (κ2) is 6.30. The van der Waals surface area contributed by atoms with Crippen LogP contribution < -0.4 is 11.1 Å². The summed E-state index contributed by atoms with van der Waals surface area (Å²) in [6.07, 6.45) is 0. The summed E-state index contributed by atoms with van der Waals surface area (Å²) in [7, 11) is 1.63. The summed E-state index contributed by atoms with van der Waals surface area (Å²) in [5, 5.41) is 2.59. The van der Waals surface area contributed by atoms with E-state index in [0.717, 1.165) is 0 Å². The van der Waals surface area contributed by atoms with Gasteiger partial charge in [0.25, 0.3) is 0 Å². The van der Waals surface area contributed by atoms with E-state index in [0.29, 0.717) is 17.2 Å². The Morgan fingerprint density at radius 3 is 2.83 bits per heavy atom. The summed E-state index contributed by atoms with van der Waals surface area (Å²) in [5.41, 5.74) is 5.89. The van der Waals surface area contributed by atoms with E-state index in [1.807, 2.05) is 6.92 Å². The van der Waals surface area contributed by atoms with Crippen LogP contribution >= 0.6 is 12.2 Å². The summed E-state index contributed by atoms with van der Waals surface area (Å²) in [6.45, 7) is 2.25. The molecule has 0 saturated carbocycles. The smallest absolute Gasteiger partial charge is 0.321 e. The van der Waals surface area contributed by atoms with Crippen LogP contribution in [0.2, 0.25) is 0 Å². The first-order valence-corrected chi connectivity index (χ1v) is 5.88. The Labute approximate surface area is 111 Å². The van der Waals surface area contributed by atoms with Gasteiger partial charge in [0.15, 0.2) is 0 Å². The monoisotopic (exact) mass is 269 g/mol. The number of rotatable bonds is 4. The number of halogens is 1. The third-order valence-corrected chi connectivity index (χ3v) is 2.86. The molecular formula is C12H16FN3OS. The number of thiocarbonyl (C=S) groups is 1. The molecule has 0 aliphatic carbocycles. The Kier molecular flexibility index (Phi) is 5.03. The number of nitrogens with one attached hydrogen (secondary N) is 1.